The topological polar surface area (TPSA) is 61.4 Å². The monoisotopic (exact) mass is 316 g/mol. The van der Waals surface area contributed by atoms with Crippen LogP contribution in [0.4, 0.5) is 0 Å². The Kier molecular flexibility index (Phi) is 5.13. The lowest BCUT2D eigenvalue weighted by Crippen LogP contribution is -2.41. The molecule has 1 aliphatic heterocycles. The Hall–Kier alpha value is -0.970. The van der Waals surface area contributed by atoms with E-state index in [1.165, 1.54) is 12.1 Å². The Morgan fingerprint density at radius 2 is 2.25 bits per heavy atom. The van der Waals surface area contributed by atoms with Crippen LogP contribution in [0, 0.1) is 5.92 Å². The van der Waals surface area contributed by atoms with Gasteiger partial charge in [-0.3, -0.25) is 4.79 Å². The third-order valence-electron chi connectivity index (χ3n) is 3.57. The molecule has 3 N–H and O–H groups in total. The summed E-state index contributed by atoms with van der Waals surface area (Å²) in [5, 5.41) is 16.6. The third kappa shape index (κ3) is 3.37. The minimum atomic E-state index is -0.393. The summed E-state index contributed by atoms with van der Waals surface area (Å²) in [5.74, 6) is -0.0274. The molecule has 6 heteroatoms. The molecular weight excluding hydrogens is 299 g/mol. The number of aromatic hydroxyl groups is 1. The van der Waals surface area contributed by atoms with Crippen LogP contribution >= 0.6 is 23.2 Å². The molecule has 1 heterocycles. The highest BCUT2D eigenvalue weighted by Gasteiger charge is 2.24. The van der Waals surface area contributed by atoms with E-state index in [-0.39, 0.29) is 22.6 Å². The zero-order chi connectivity index (χ0) is 14.7. The highest BCUT2D eigenvalue weighted by atomic mass is 35.5. The van der Waals surface area contributed by atoms with E-state index in [1.807, 2.05) is 0 Å². The van der Waals surface area contributed by atoms with Gasteiger partial charge in [0.25, 0.3) is 0 Å². The first kappa shape index (κ1) is 15.4. The molecule has 1 saturated heterocycles. The Balaban J connectivity index is 2.10. The minimum absolute atomic E-state index is 0.0276. The van der Waals surface area contributed by atoms with Gasteiger partial charge in [0.15, 0.2) is 0 Å². The van der Waals surface area contributed by atoms with Crippen LogP contribution in [0.5, 0.6) is 5.75 Å². The molecule has 1 fully saturated rings. The standard InChI is InChI=1S/C14H18Cl2N2O2/c1-8(12-11(19)5-4-10(15)13(12)16)18-14(20)9-3-2-6-17-7-9/h4-5,8-9,17,19H,2-3,6-7H2,1H3,(H,18,20)/t8-,9-/m0/s1. The van der Waals surface area contributed by atoms with E-state index in [1.54, 1.807) is 6.92 Å². The predicted molar refractivity (Wildman–Crippen MR) is 80.3 cm³/mol. The molecule has 2 rings (SSSR count). The molecule has 0 aromatic heterocycles. The molecule has 0 spiro atoms. The van der Waals surface area contributed by atoms with Gasteiger partial charge in [0, 0.05) is 12.1 Å². The molecule has 0 aliphatic carbocycles. The Morgan fingerprint density at radius 3 is 2.90 bits per heavy atom. The van der Waals surface area contributed by atoms with Gasteiger partial charge in [0.1, 0.15) is 5.75 Å². The van der Waals surface area contributed by atoms with Crippen molar-refractivity contribution in [2.45, 2.75) is 25.8 Å². The van der Waals surface area contributed by atoms with Crippen molar-refractivity contribution in [1.82, 2.24) is 10.6 Å². The van der Waals surface area contributed by atoms with Gasteiger partial charge in [-0.2, -0.15) is 0 Å². The SMILES string of the molecule is C[C@H](NC(=O)[C@H]1CCCNC1)c1c(O)ccc(Cl)c1Cl. The van der Waals surface area contributed by atoms with E-state index in [4.69, 9.17) is 23.2 Å². The number of amides is 1. The van der Waals surface area contributed by atoms with Gasteiger partial charge >= 0.3 is 0 Å². The lowest BCUT2D eigenvalue weighted by Gasteiger charge is -2.25. The molecule has 1 aliphatic rings. The summed E-state index contributed by atoms with van der Waals surface area (Å²) in [6.07, 6.45) is 1.87. The summed E-state index contributed by atoms with van der Waals surface area (Å²) in [4.78, 5) is 12.2. The normalized spacial score (nSPS) is 20.4. The van der Waals surface area contributed by atoms with Crippen LogP contribution < -0.4 is 10.6 Å². The zero-order valence-corrected chi connectivity index (χ0v) is 12.8. The maximum atomic E-state index is 12.2. The van der Waals surface area contributed by atoms with Crippen LogP contribution in [-0.4, -0.2) is 24.1 Å². The van der Waals surface area contributed by atoms with E-state index in [9.17, 15) is 9.90 Å². The molecule has 20 heavy (non-hydrogen) atoms. The quantitative estimate of drug-likeness (QED) is 0.803. The summed E-state index contributed by atoms with van der Waals surface area (Å²) < 4.78 is 0. The average molecular weight is 317 g/mol. The average Bonchev–Trinajstić information content (AvgIpc) is 2.44. The maximum absolute atomic E-state index is 12.2. The first-order chi connectivity index (χ1) is 9.50. The fourth-order valence-electron chi connectivity index (χ4n) is 2.45. The minimum Gasteiger partial charge on any atom is -0.508 e. The van der Waals surface area contributed by atoms with Gasteiger partial charge in [0.05, 0.1) is 22.0 Å². The van der Waals surface area contributed by atoms with E-state index in [0.717, 1.165) is 19.4 Å². The van der Waals surface area contributed by atoms with Crippen LogP contribution in [0.15, 0.2) is 12.1 Å². The van der Waals surface area contributed by atoms with Gasteiger partial charge in [-0.25, -0.2) is 0 Å². The van der Waals surface area contributed by atoms with Crippen molar-refractivity contribution in [3.63, 3.8) is 0 Å². The van der Waals surface area contributed by atoms with Crippen molar-refractivity contribution >= 4 is 29.1 Å². The molecule has 1 aromatic rings. The number of carbonyl (C=O) groups excluding carboxylic acids is 1. The number of nitrogens with one attached hydrogen (secondary N) is 2. The number of carbonyl (C=O) groups is 1. The van der Waals surface area contributed by atoms with E-state index < -0.39 is 6.04 Å². The van der Waals surface area contributed by atoms with Gasteiger partial charge in [-0.15, -0.1) is 0 Å². The Labute approximate surface area is 128 Å². The number of phenols is 1. The molecule has 0 unspecified atom stereocenters. The number of phenolic OH excluding ortho intramolecular Hbond substituents is 1. The number of halogens is 2. The zero-order valence-electron chi connectivity index (χ0n) is 11.2. The molecule has 1 amide bonds. The Bertz CT molecular complexity index is 502. The number of rotatable bonds is 3. The van der Waals surface area contributed by atoms with Crippen molar-refractivity contribution < 1.29 is 9.90 Å². The van der Waals surface area contributed by atoms with E-state index >= 15 is 0 Å². The van der Waals surface area contributed by atoms with Crippen molar-refractivity contribution in [2.24, 2.45) is 5.92 Å². The lowest BCUT2D eigenvalue weighted by molar-refractivity contribution is -0.126. The summed E-state index contributed by atoms with van der Waals surface area (Å²) in [5.41, 5.74) is 0.455. The fourth-order valence-corrected chi connectivity index (χ4v) is 2.94. The summed E-state index contributed by atoms with van der Waals surface area (Å²) in [6.45, 7) is 3.43. The molecule has 4 nitrogen and oxygen atoms in total. The molecule has 1 aromatic carbocycles. The summed E-state index contributed by atoms with van der Waals surface area (Å²) in [7, 11) is 0. The molecule has 0 bridgehead atoms. The van der Waals surface area contributed by atoms with Crippen molar-refractivity contribution in [2.75, 3.05) is 13.1 Å². The molecule has 0 radical (unpaired) electrons. The maximum Gasteiger partial charge on any atom is 0.224 e. The van der Waals surface area contributed by atoms with Crippen molar-refractivity contribution in [3.8, 4) is 5.75 Å². The van der Waals surface area contributed by atoms with Crippen LogP contribution in [0.3, 0.4) is 0 Å². The van der Waals surface area contributed by atoms with Crippen LogP contribution in [0.25, 0.3) is 0 Å². The summed E-state index contributed by atoms with van der Waals surface area (Å²) in [6, 6.07) is 2.62. The predicted octanol–water partition coefficient (Wildman–Crippen LogP) is 2.88. The lowest BCUT2D eigenvalue weighted by atomic mass is 9.97. The molecule has 0 saturated carbocycles. The second kappa shape index (κ2) is 6.66. The number of benzene rings is 1. The highest BCUT2D eigenvalue weighted by molar-refractivity contribution is 6.42. The second-order valence-electron chi connectivity index (χ2n) is 5.07. The van der Waals surface area contributed by atoms with E-state index in [0.29, 0.717) is 17.1 Å². The van der Waals surface area contributed by atoms with E-state index in [2.05, 4.69) is 10.6 Å². The van der Waals surface area contributed by atoms with Gasteiger partial charge in [-0.1, -0.05) is 23.2 Å². The van der Waals surface area contributed by atoms with Crippen molar-refractivity contribution in [3.05, 3.63) is 27.7 Å². The summed E-state index contributed by atoms with van der Waals surface area (Å²) >= 11 is 12.1. The molecule has 2 atom stereocenters. The largest absolute Gasteiger partial charge is 0.508 e. The first-order valence-corrected chi connectivity index (χ1v) is 7.44. The number of piperidine rings is 1. The van der Waals surface area contributed by atoms with Crippen LogP contribution in [0.2, 0.25) is 10.0 Å². The smallest absolute Gasteiger partial charge is 0.224 e. The van der Waals surface area contributed by atoms with Gasteiger partial charge < -0.3 is 15.7 Å². The molecule has 110 valence electrons. The third-order valence-corrected chi connectivity index (χ3v) is 4.39. The Morgan fingerprint density at radius 1 is 1.50 bits per heavy atom. The number of hydrogen-bond acceptors (Lipinski definition) is 3. The fraction of sp³-hybridized carbons (Fsp3) is 0.500. The second-order valence-corrected chi connectivity index (χ2v) is 5.85. The number of hydrogen-bond donors (Lipinski definition) is 3. The van der Waals surface area contributed by atoms with Gasteiger partial charge in [-0.05, 0) is 38.4 Å². The first-order valence-electron chi connectivity index (χ1n) is 6.68. The highest BCUT2D eigenvalue weighted by Crippen LogP contribution is 2.36. The van der Waals surface area contributed by atoms with Crippen LogP contribution in [-0.2, 0) is 4.79 Å². The van der Waals surface area contributed by atoms with Crippen molar-refractivity contribution in [1.29, 1.82) is 0 Å². The molecular formula is C14H18Cl2N2O2. The van der Waals surface area contributed by atoms with Crippen LogP contribution in [0.1, 0.15) is 31.4 Å². The van der Waals surface area contributed by atoms with Gasteiger partial charge in [0.2, 0.25) is 5.91 Å².